The van der Waals surface area contributed by atoms with Crippen molar-refractivity contribution in [3.05, 3.63) is 59.2 Å². The molecule has 0 spiro atoms. The first-order chi connectivity index (χ1) is 14.5. The molecule has 0 unspecified atom stereocenters. The van der Waals surface area contributed by atoms with E-state index in [0.29, 0.717) is 37.8 Å². The molecule has 2 aromatic rings. The van der Waals surface area contributed by atoms with Crippen molar-refractivity contribution >= 4 is 18.3 Å². The smallest absolute Gasteiger partial charge is 0.260 e. The molecule has 0 aromatic heterocycles. The Balaban J connectivity index is 0.00000341. The molecule has 0 atom stereocenters. The van der Waals surface area contributed by atoms with Crippen molar-refractivity contribution in [2.75, 3.05) is 53.6 Å². The maximum Gasteiger partial charge on any atom is 0.260 e. The number of benzene rings is 2. The van der Waals surface area contributed by atoms with Crippen LogP contribution in [-0.4, -0.2) is 69.3 Å². The minimum atomic E-state index is -0.872. The second-order valence-electron chi connectivity index (χ2n) is 6.97. The highest BCUT2D eigenvalue weighted by atomic mass is 35.5. The van der Waals surface area contributed by atoms with Gasteiger partial charge in [-0.1, -0.05) is 12.1 Å². The first-order valence-corrected chi connectivity index (χ1v) is 9.77. The maximum atomic E-state index is 14.3. The Kier molecular flexibility index (Phi) is 9.48. The third kappa shape index (κ3) is 6.29. The zero-order valence-corrected chi connectivity index (χ0v) is 18.4. The Morgan fingerprint density at radius 3 is 2.32 bits per heavy atom. The van der Waals surface area contributed by atoms with Crippen LogP contribution in [0.4, 0.5) is 8.78 Å². The Labute approximate surface area is 187 Å². The second kappa shape index (κ2) is 11.8. The third-order valence-electron chi connectivity index (χ3n) is 5.08. The highest BCUT2D eigenvalue weighted by molar-refractivity contribution is 5.94. The van der Waals surface area contributed by atoms with Gasteiger partial charge >= 0.3 is 0 Å². The number of carbonyl (C=O) groups is 1. The number of halogens is 3. The van der Waals surface area contributed by atoms with Crippen molar-refractivity contribution < 1.29 is 27.8 Å². The Morgan fingerprint density at radius 2 is 1.71 bits per heavy atom. The van der Waals surface area contributed by atoms with E-state index in [2.05, 4.69) is 4.90 Å². The van der Waals surface area contributed by atoms with Crippen LogP contribution in [0.3, 0.4) is 0 Å². The van der Waals surface area contributed by atoms with Gasteiger partial charge in [0.25, 0.3) is 5.91 Å². The molecule has 0 aliphatic carbocycles. The van der Waals surface area contributed by atoms with Crippen molar-refractivity contribution in [2.24, 2.45) is 0 Å². The van der Waals surface area contributed by atoms with Crippen molar-refractivity contribution in [3.63, 3.8) is 0 Å². The van der Waals surface area contributed by atoms with Crippen LogP contribution in [0.1, 0.15) is 15.9 Å². The summed E-state index contributed by atoms with van der Waals surface area (Å²) in [5, 5.41) is 0. The van der Waals surface area contributed by atoms with Gasteiger partial charge in [0.05, 0.1) is 27.4 Å². The molecule has 1 aliphatic rings. The summed E-state index contributed by atoms with van der Waals surface area (Å²) >= 11 is 0. The minimum absolute atomic E-state index is 0. The van der Waals surface area contributed by atoms with Crippen LogP contribution in [0.5, 0.6) is 11.5 Å². The van der Waals surface area contributed by atoms with Gasteiger partial charge in [-0.25, -0.2) is 8.78 Å². The van der Waals surface area contributed by atoms with E-state index in [-0.39, 0.29) is 19.0 Å². The van der Waals surface area contributed by atoms with Gasteiger partial charge in [-0.05, 0) is 29.8 Å². The predicted octanol–water partition coefficient (Wildman–Crippen LogP) is 3.38. The van der Waals surface area contributed by atoms with E-state index in [1.807, 2.05) is 0 Å². The molecular formula is C22H27ClF2N2O4. The lowest BCUT2D eigenvalue weighted by molar-refractivity contribution is 0.0319. The summed E-state index contributed by atoms with van der Waals surface area (Å²) in [4.78, 5) is 16.7. The number of methoxy groups -OCH3 is 2. The summed E-state index contributed by atoms with van der Waals surface area (Å²) in [6.45, 7) is 3.85. The normalized spacial score (nSPS) is 13.9. The van der Waals surface area contributed by atoms with E-state index in [1.54, 1.807) is 18.2 Å². The predicted molar refractivity (Wildman–Crippen MR) is 115 cm³/mol. The van der Waals surface area contributed by atoms with Gasteiger partial charge in [-0.3, -0.25) is 9.69 Å². The lowest BCUT2D eigenvalue weighted by Crippen LogP contribution is -2.43. The molecule has 0 N–H and O–H groups in total. The molecule has 0 saturated carbocycles. The summed E-state index contributed by atoms with van der Waals surface area (Å²) in [7, 11) is 3.06. The van der Waals surface area contributed by atoms with E-state index in [1.165, 1.54) is 25.2 Å². The maximum absolute atomic E-state index is 14.3. The van der Waals surface area contributed by atoms with Crippen LogP contribution in [0.2, 0.25) is 0 Å². The van der Waals surface area contributed by atoms with E-state index in [9.17, 15) is 13.6 Å². The van der Waals surface area contributed by atoms with Crippen molar-refractivity contribution in [3.8, 4) is 11.5 Å². The molecule has 6 nitrogen and oxygen atoms in total. The molecule has 3 rings (SSSR count). The number of hydrogen-bond acceptors (Lipinski definition) is 5. The van der Waals surface area contributed by atoms with Gasteiger partial charge in [0.1, 0.15) is 17.2 Å². The lowest BCUT2D eigenvalue weighted by Gasteiger charge is -2.30. The van der Waals surface area contributed by atoms with Crippen LogP contribution in [0.25, 0.3) is 0 Å². The number of nitrogens with zero attached hydrogens (tertiary/aromatic N) is 2. The van der Waals surface area contributed by atoms with Gasteiger partial charge in [0.15, 0.2) is 11.5 Å². The number of amides is 1. The topological polar surface area (TPSA) is 51.2 Å². The molecule has 9 heteroatoms. The fraction of sp³-hybridized carbons (Fsp3) is 0.409. The molecule has 0 bridgehead atoms. The Hall–Kier alpha value is -2.42. The highest BCUT2D eigenvalue weighted by Crippen LogP contribution is 2.28. The van der Waals surface area contributed by atoms with Gasteiger partial charge in [-0.2, -0.15) is 0 Å². The molecule has 1 amide bonds. The number of morpholine rings is 1. The number of ether oxygens (including phenoxy) is 3. The van der Waals surface area contributed by atoms with Gasteiger partial charge < -0.3 is 19.1 Å². The van der Waals surface area contributed by atoms with Gasteiger partial charge in [0, 0.05) is 32.7 Å². The third-order valence-corrected chi connectivity index (χ3v) is 5.08. The van der Waals surface area contributed by atoms with E-state index in [4.69, 9.17) is 14.2 Å². The molecule has 1 fully saturated rings. The quantitative estimate of drug-likeness (QED) is 0.609. The number of carbonyl (C=O) groups excluding carboxylic acids is 1. The summed E-state index contributed by atoms with van der Waals surface area (Å²) in [6, 6.07) is 8.72. The molecule has 170 valence electrons. The molecule has 1 aliphatic heterocycles. The Bertz CT molecular complexity index is 858. The molecule has 0 radical (unpaired) electrons. The van der Waals surface area contributed by atoms with E-state index < -0.39 is 23.1 Å². The fourth-order valence-corrected chi connectivity index (χ4v) is 3.40. The minimum Gasteiger partial charge on any atom is -0.493 e. The van der Waals surface area contributed by atoms with Crippen molar-refractivity contribution in [1.29, 1.82) is 0 Å². The SMILES string of the molecule is COc1ccc(CN(CCN2CCOCC2)C(=O)c2c(F)cccc2F)cc1OC.Cl. The number of rotatable bonds is 8. The van der Waals surface area contributed by atoms with Crippen molar-refractivity contribution in [1.82, 2.24) is 9.80 Å². The Morgan fingerprint density at radius 1 is 1.06 bits per heavy atom. The number of hydrogen-bond donors (Lipinski definition) is 0. The standard InChI is InChI=1S/C22H26F2N2O4.ClH/c1-28-19-7-6-16(14-20(19)29-2)15-26(9-8-25-10-12-30-13-11-25)22(27)21-17(23)4-3-5-18(21)24;/h3-7,14H,8-13,15H2,1-2H3;1H. The molecule has 31 heavy (non-hydrogen) atoms. The van der Waals surface area contributed by atoms with E-state index in [0.717, 1.165) is 30.8 Å². The zero-order valence-electron chi connectivity index (χ0n) is 17.6. The summed E-state index contributed by atoms with van der Waals surface area (Å²) < 4.78 is 44.4. The largest absolute Gasteiger partial charge is 0.493 e. The van der Waals surface area contributed by atoms with Crippen LogP contribution in [0, 0.1) is 11.6 Å². The second-order valence-corrected chi connectivity index (χ2v) is 6.97. The van der Waals surface area contributed by atoms with Crippen LogP contribution in [-0.2, 0) is 11.3 Å². The average molecular weight is 457 g/mol. The van der Waals surface area contributed by atoms with Crippen LogP contribution >= 0.6 is 12.4 Å². The van der Waals surface area contributed by atoms with Crippen molar-refractivity contribution in [2.45, 2.75) is 6.54 Å². The summed E-state index contributed by atoms with van der Waals surface area (Å²) in [5.74, 6) is -1.35. The fourth-order valence-electron chi connectivity index (χ4n) is 3.40. The van der Waals surface area contributed by atoms with Crippen LogP contribution in [0.15, 0.2) is 36.4 Å². The van der Waals surface area contributed by atoms with Gasteiger partial charge in [-0.15, -0.1) is 12.4 Å². The monoisotopic (exact) mass is 456 g/mol. The van der Waals surface area contributed by atoms with Crippen LogP contribution < -0.4 is 9.47 Å². The lowest BCUT2D eigenvalue weighted by atomic mass is 10.1. The molecule has 1 heterocycles. The molecule has 1 saturated heterocycles. The zero-order chi connectivity index (χ0) is 21.5. The first-order valence-electron chi connectivity index (χ1n) is 9.77. The summed E-state index contributed by atoms with van der Waals surface area (Å²) in [5.41, 5.74) is 0.222. The molecular weight excluding hydrogens is 430 g/mol. The van der Waals surface area contributed by atoms with E-state index >= 15 is 0 Å². The average Bonchev–Trinajstić information content (AvgIpc) is 2.76. The van der Waals surface area contributed by atoms with Gasteiger partial charge in [0.2, 0.25) is 0 Å². The highest BCUT2D eigenvalue weighted by Gasteiger charge is 2.24. The first kappa shape index (κ1) is 24.8. The summed E-state index contributed by atoms with van der Waals surface area (Å²) in [6.07, 6.45) is 0. The molecule has 2 aromatic carbocycles.